The molecule has 0 radical (unpaired) electrons. The van der Waals surface area contributed by atoms with Gasteiger partial charge < -0.3 is 14.2 Å². The molecule has 0 rings (SSSR count). The summed E-state index contributed by atoms with van der Waals surface area (Å²) >= 11 is 0. The molecule has 0 aromatic rings. The third-order valence-corrected chi connectivity index (χ3v) is 9.05. The lowest BCUT2D eigenvalue weighted by molar-refractivity contribution is -0.167. The topological polar surface area (TPSA) is 78.9 Å². The molecule has 62 heavy (non-hydrogen) atoms. The Labute approximate surface area is 378 Å². The largest absolute Gasteiger partial charge is 0.462 e. The van der Waals surface area contributed by atoms with Crippen LogP contribution in [0, 0.1) is 0 Å². The van der Waals surface area contributed by atoms with E-state index in [0.29, 0.717) is 12.8 Å². The summed E-state index contributed by atoms with van der Waals surface area (Å²) < 4.78 is 16.6. The van der Waals surface area contributed by atoms with Crippen LogP contribution in [0.2, 0.25) is 0 Å². The third-order valence-electron chi connectivity index (χ3n) is 9.05. The van der Waals surface area contributed by atoms with Gasteiger partial charge in [-0.2, -0.15) is 0 Å². The molecule has 0 N–H and O–H groups in total. The van der Waals surface area contributed by atoms with E-state index >= 15 is 0 Å². The summed E-state index contributed by atoms with van der Waals surface area (Å²) in [5, 5.41) is 0. The lowest BCUT2D eigenvalue weighted by Gasteiger charge is -2.18. The highest BCUT2D eigenvalue weighted by molar-refractivity contribution is 5.71. The number of esters is 3. The molecule has 6 heteroatoms. The van der Waals surface area contributed by atoms with Crippen LogP contribution in [0.3, 0.4) is 0 Å². The minimum Gasteiger partial charge on any atom is -0.462 e. The van der Waals surface area contributed by atoms with Crippen molar-refractivity contribution in [3.05, 3.63) is 158 Å². The second-order valence-electron chi connectivity index (χ2n) is 14.9. The number of carbonyl (C=O) groups excluding carboxylic acids is 3. The molecule has 0 saturated heterocycles. The first-order valence-electron chi connectivity index (χ1n) is 23.7. The summed E-state index contributed by atoms with van der Waals surface area (Å²) in [6.07, 6.45) is 70.8. The van der Waals surface area contributed by atoms with Crippen molar-refractivity contribution in [2.45, 2.75) is 162 Å². The van der Waals surface area contributed by atoms with E-state index in [0.717, 1.165) is 103 Å². The molecule has 0 amide bonds. The van der Waals surface area contributed by atoms with Crippen molar-refractivity contribution < 1.29 is 28.6 Å². The SMILES string of the molecule is CC\C=C/C=C\C=C/C=C\CCCCCC(=O)OCC(COC(=O)CCCCCCC\C=C/C=C\C=C/C=C\C=C/CCC)OC(=O)CCCCC\C=C/C=C\C=C/C=C\CC. The standard InChI is InChI=1S/C56H82O6/c1-4-7-10-13-16-19-22-25-26-27-28-29-32-34-37-40-43-46-49-55(58)61-52-53(62-56(59)50-47-44-41-38-35-31-24-21-18-15-12-9-6-3)51-60-54(57)48-45-42-39-36-33-30-23-20-17-14-11-8-5-2/h8-31,33,35,53H,4-7,32,34,36-52H2,1-3H3/b11-8-,12-9-,13-10-,17-14-,18-15-,19-16-,23-20-,24-21-,25-22-,27-26-,29-28-,33-30-,35-31-. The average molecular weight is 851 g/mol. The highest BCUT2D eigenvalue weighted by atomic mass is 16.6. The van der Waals surface area contributed by atoms with Crippen LogP contribution in [0.15, 0.2) is 158 Å². The Morgan fingerprint density at radius 3 is 1.00 bits per heavy atom. The smallest absolute Gasteiger partial charge is 0.306 e. The zero-order chi connectivity index (χ0) is 45.1. The molecule has 0 bridgehead atoms. The van der Waals surface area contributed by atoms with Crippen molar-refractivity contribution in [1.29, 1.82) is 0 Å². The number of rotatable bonds is 39. The molecule has 0 aliphatic rings. The first-order valence-corrected chi connectivity index (χ1v) is 23.7. The second-order valence-corrected chi connectivity index (χ2v) is 14.9. The van der Waals surface area contributed by atoms with Gasteiger partial charge in [-0.3, -0.25) is 14.4 Å². The number of hydrogen-bond acceptors (Lipinski definition) is 6. The monoisotopic (exact) mass is 851 g/mol. The van der Waals surface area contributed by atoms with Crippen molar-refractivity contribution in [2.75, 3.05) is 13.2 Å². The van der Waals surface area contributed by atoms with E-state index in [4.69, 9.17) is 14.2 Å². The quantitative estimate of drug-likeness (QED) is 0.0265. The molecule has 0 aliphatic carbocycles. The molecular weight excluding hydrogens is 769 g/mol. The van der Waals surface area contributed by atoms with Crippen LogP contribution in [-0.2, 0) is 28.6 Å². The van der Waals surface area contributed by atoms with E-state index < -0.39 is 6.10 Å². The summed E-state index contributed by atoms with van der Waals surface area (Å²) in [6, 6.07) is 0. The van der Waals surface area contributed by atoms with Crippen molar-refractivity contribution in [2.24, 2.45) is 0 Å². The fourth-order valence-corrected chi connectivity index (χ4v) is 5.55. The third kappa shape index (κ3) is 46.1. The Balaban J connectivity index is 4.60. The number of carbonyl (C=O) groups is 3. The Kier molecular flexibility index (Phi) is 44.8. The maximum absolute atomic E-state index is 12.7. The molecule has 0 aliphatic heterocycles. The van der Waals surface area contributed by atoms with Gasteiger partial charge in [0, 0.05) is 19.3 Å². The fraction of sp³-hybridized carbons (Fsp3) is 0.482. The Bertz CT molecular complexity index is 1490. The molecule has 1 unspecified atom stereocenters. The van der Waals surface area contributed by atoms with Crippen LogP contribution >= 0.6 is 0 Å². The van der Waals surface area contributed by atoms with Gasteiger partial charge in [0.05, 0.1) is 0 Å². The van der Waals surface area contributed by atoms with Crippen LogP contribution < -0.4 is 0 Å². The first kappa shape index (κ1) is 57.0. The Morgan fingerprint density at radius 2 is 0.629 bits per heavy atom. The van der Waals surface area contributed by atoms with E-state index in [1.165, 1.54) is 6.42 Å². The van der Waals surface area contributed by atoms with Gasteiger partial charge >= 0.3 is 17.9 Å². The molecule has 0 aromatic heterocycles. The van der Waals surface area contributed by atoms with Gasteiger partial charge in [0.1, 0.15) is 13.2 Å². The number of hydrogen-bond donors (Lipinski definition) is 0. The highest BCUT2D eigenvalue weighted by Crippen LogP contribution is 2.11. The van der Waals surface area contributed by atoms with Crippen molar-refractivity contribution in [3.63, 3.8) is 0 Å². The summed E-state index contributed by atoms with van der Waals surface area (Å²) in [6.45, 7) is 6.13. The zero-order valence-electron chi connectivity index (χ0n) is 38.8. The lowest BCUT2D eigenvalue weighted by Crippen LogP contribution is -2.30. The minimum absolute atomic E-state index is 0.129. The van der Waals surface area contributed by atoms with Gasteiger partial charge in [-0.15, -0.1) is 0 Å². The number of unbranched alkanes of at least 4 members (excludes halogenated alkanes) is 12. The van der Waals surface area contributed by atoms with Crippen LogP contribution in [-0.4, -0.2) is 37.2 Å². The van der Waals surface area contributed by atoms with E-state index in [1.807, 2.05) is 109 Å². The summed E-state index contributed by atoms with van der Waals surface area (Å²) in [5.41, 5.74) is 0. The molecule has 0 fully saturated rings. The van der Waals surface area contributed by atoms with Crippen LogP contribution in [0.4, 0.5) is 0 Å². The molecule has 1 atom stereocenters. The Morgan fingerprint density at radius 1 is 0.339 bits per heavy atom. The van der Waals surface area contributed by atoms with Crippen molar-refractivity contribution in [3.8, 4) is 0 Å². The van der Waals surface area contributed by atoms with Gasteiger partial charge in [-0.05, 0) is 77.0 Å². The molecule has 0 saturated carbocycles. The van der Waals surface area contributed by atoms with Crippen molar-refractivity contribution >= 4 is 17.9 Å². The molecule has 0 heterocycles. The summed E-state index contributed by atoms with van der Waals surface area (Å²) in [5.74, 6) is -1.05. The van der Waals surface area contributed by atoms with E-state index in [9.17, 15) is 14.4 Å². The summed E-state index contributed by atoms with van der Waals surface area (Å²) in [7, 11) is 0. The van der Waals surface area contributed by atoms with Crippen LogP contribution in [0.1, 0.15) is 156 Å². The zero-order valence-corrected chi connectivity index (χ0v) is 38.8. The van der Waals surface area contributed by atoms with E-state index in [2.05, 4.69) is 69.4 Å². The number of ether oxygens (including phenoxy) is 3. The van der Waals surface area contributed by atoms with E-state index in [-0.39, 0.29) is 44.0 Å². The van der Waals surface area contributed by atoms with Gasteiger partial charge in [0.25, 0.3) is 0 Å². The van der Waals surface area contributed by atoms with Gasteiger partial charge in [0.2, 0.25) is 0 Å². The predicted octanol–water partition coefficient (Wildman–Crippen LogP) is 15.5. The van der Waals surface area contributed by atoms with Crippen molar-refractivity contribution in [1.82, 2.24) is 0 Å². The van der Waals surface area contributed by atoms with E-state index in [1.54, 1.807) is 0 Å². The number of allylic oxidation sites excluding steroid dienone is 26. The summed E-state index contributed by atoms with van der Waals surface area (Å²) in [4.78, 5) is 37.9. The lowest BCUT2D eigenvalue weighted by atomic mass is 10.1. The molecular formula is C56H82O6. The molecule has 0 spiro atoms. The maximum Gasteiger partial charge on any atom is 0.306 e. The molecule has 342 valence electrons. The average Bonchev–Trinajstić information content (AvgIpc) is 3.27. The minimum atomic E-state index is -0.833. The van der Waals surface area contributed by atoms with Crippen LogP contribution in [0.25, 0.3) is 0 Å². The highest BCUT2D eigenvalue weighted by Gasteiger charge is 2.19. The predicted molar refractivity (Wildman–Crippen MR) is 265 cm³/mol. The van der Waals surface area contributed by atoms with Gasteiger partial charge in [-0.25, -0.2) is 0 Å². The van der Waals surface area contributed by atoms with Gasteiger partial charge in [-0.1, -0.05) is 217 Å². The molecule has 0 aromatic carbocycles. The Hall–Kier alpha value is -4.97. The first-order chi connectivity index (χ1) is 30.5. The van der Waals surface area contributed by atoms with Crippen LogP contribution in [0.5, 0.6) is 0 Å². The molecule has 6 nitrogen and oxygen atoms in total. The van der Waals surface area contributed by atoms with Gasteiger partial charge in [0.15, 0.2) is 6.10 Å². The fourth-order valence-electron chi connectivity index (χ4n) is 5.55. The maximum atomic E-state index is 12.7. The second kappa shape index (κ2) is 48.7. The normalized spacial score (nSPS) is 13.5.